The predicted octanol–water partition coefficient (Wildman–Crippen LogP) is 3.33. The Morgan fingerprint density at radius 3 is 2.41 bits per heavy atom. The number of hydrogen-bond donors (Lipinski definition) is 1. The first-order valence-corrected chi connectivity index (χ1v) is 4.86. The van der Waals surface area contributed by atoms with Crippen molar-refractivity contribution in [2.75, 3.05) is 12.4 Å². The third kappa shape index (κ3) is 3.26. The van der Waals surface area contributed by atoms with Crippen LogP contribution >= 0.6 is 11.6 Å². The molecule has 0 spiro atoms. The van der Waals surface area contributed by atoms with Crippen molar-refractivity contribution in [3.63, 3.8) is 0 Å². The first-order chi connectivity index (χ1) is 7.75. The molecule has 1 rings (SSSR count). The fourth-order valence-electron chi connectivity index (χ4n) is 1.23. The summed E-state index contributed by atoms with van der Waals surface area (Å²) >= 11 is 5.49. The van der Waals surface area contributed by atoms with Gasteiger partial charge in [-0.25, -0.2) is 0 Å². The molecular formula is C10H9ClF3NO2. The van der Waals surface area contributed by atoms with Crippen LogP contribution in [0.2, 0.25) is 5.02 Å². The van der Waals surface area contributed by atoms with E-state index >= 15 is 0 Å². The number of carbonyl (C=O) groups excluding carboxylic acids is 1. The summed E-state index contributed by atoms with van der Waals surface area (Å²) in [5.74, 6) is -0.433. The Kier molecular flexibility index (Phi) is 3.87. The molecule has 3 nitrogen and oxygen atoms in total. The molecule has 0 aromatic heterocycles. The number of benzene rings is 1. The normalized spacial score (nSPS) is 11.2. The van der Waals surface area contributed by atoms with E-state index in [0.29, 0.717) is 0 Å². The Balaban J connectivity index is 3.32. The van der Waals surface area contributed by atoms with Gasteiger partial charge in [0.1, 0.15) is 5.75 Å². The van der Waals surface area contributed by atoms with Gasteiger partial charge in [0, 0.05) is 13.0 Å². The Morgan fingerprint density at radius 1 is 1.41 bits per heavy atom. The summed E-state index contributed by atoms with van der Waals surface area (Å²) in [4.78, 5) is 10.8. The van der Waals surface area contributed by atoms with Gasteiger partial charge in [-0.1, -0.05) is 11.6 Å². The second kappa shape index (κ2) is 4.83. The predicted molar refractivity (Wildman–Crippen MR) is 57.3 cm³/mol. The molecule has 0 heterocycles. The number of nitrogens with one attached hydrogen (secondary N) is 1. The Morgan fingerprint density at radius 2 is 2.00 bits per heavy atom. The summed E-state index contributed by atoms with van der Waals surface area (Å²) in [5.41, 5.74) is -1.10. The van der Waals surface area contributed by atoms with Gasteiger partial charge in [0.25, 0.3) is 0 Å². The molecule has 0 unspecified atom stereocenters. The van der Waals surface area contributed by atoms with E-state index in [1.54, 1.807) is 0 Å². The number of ether oxygens (including phenoxy) is 1. The fraction of sp³-hybridized carbons (Fsp3) is 0.300. The van der Waals surface area contributed by atoms with E-state index in [4.69, 9.17) is 16.3 Å². The Hall–Kier alpha value is -1.43. The van der Waals surface area contributed by atoms with Crippen molar-refractivity contribution in [1.29, 1.82) is 0 Å². The van der Waals surface area contributed by atoms with Crippen LogP contribution in [0.3, 0.4) is 0 Å². The first-order valence-electron chi connectivity index (χ1n) is 4.48. The second-order valence-electron chi connectivity index (χ2n) is 3.21. The van der Waals surface area contributed by atoms with Gasteiger partial charge >= 0.3 is 6.18 Å². The van der Waals surface area contributed by atoms with Crippen LogP contribution in [0.25, 0.3) is 0 Å². The molecule has 0 fully saturated rings. The van der Waals surface area contributed by atoms with Crippen molar-refractivity contribution in [1.82, 2.24) is 0 Å². The highest BCUT2D eigenvalue weighted by atomic mass is 35.5. The molecule has 94 valence electrons. The standard InChI is InChI=1S/C10H9ClF3NO2/c1-5(16)15-8-3-6(10(12,13)14)7(11)4-9(8)17-2/h3-4H,1-2H3,(H,15,16). The second-order valence-corrected chi connectivity index (χ2v) is 3.62. The number of carbonyl (C=O) groups is 1. The zero-order valence-corrected chi connectivity index (χ0v) is 9.74. The van der Waals surface area contributed by atoms with Crippen molar-refractivity contribution < 1.29 is 22.7 Å². The summed E-state index contributed by atoms with van der Waals surface area (Å²) in [7, 11) is 1.27. The number of alkyl halides is 3. The van der Waals surface area contributed by atoms with E-state index in [9.17, 15) is 18.0 Å². The fourth-order valence-corrected chi connectivity index (χ4v) is 1.49. The molecule has 0 aliphatic carbocycles. The lowest BCUT2D eigenvalue weighted by molar-refractivity contribution is -0.137. The molecular weight excluding hydrogens is 259 g/mol. The first kappa shape index (κ1) is 13.6. The SMILES string of the molecule is COc1cc(Cl)c(C(F)(F)F)cc1NC(C)=O. The lowest BCUT2D eigenvalue weighted by atomic mass is 10.1. The zero-order valence-electron chi connectivity index (χ0n) is 8.98. The van der Waals surface area contributed by atoms with Crippen molar-refractivity contribution >= 4 is 23.2 Å². The van der Waals surface area contributed by atoms with Gasteiger partial charge in [0.2, 0.25) is 5.91 Å². The maximum Gasteiger partial charge on any atom is 0.417 e. The van der Waals surface area contributed by atoms with Crippen LogP contribution in [-0.2, 0) is 11.0 Å². The van der Waals surface area contributed by atoms with Gasteiger partial charge in [0.05, 0.1) is 23.4 Å². The minimum absolute atomic E-state index is 0.0678. The maximum atomic E-state index is 12.6. The molecule has 0 radical (unpaired) electrons. The van der Waals surface area contributed by atoms with Crippen molar-refractivity contribution in [3.05, 3.63) is 22.7 Å². The number of anilines is 1. The maximum absolute atomic E-state index is 12.6. The smallest absolute Gasteiger partial charge is 0.417 e. The minimum atomic E-state index is -4.59. The lowest BCUT2D eigenvalue weighted by Crippen LogP contribution is -2.11. The number of methoxy groups -OCH3 is 1. The summed E-state index contributed by atoms with van der Waals surface area (Å²) in [6.07, 6.45) is -4.59. The van der Waals surface area contributed by atoms with Gasteiger partial charge in [0.15, 0.2) is 0 Å². The Bertz CT molecular complexity index is 446. The number of rotatable bonds is 2. The number of halogens is 4. The van der Waals surface area contributed by atoms with Crippen LogP contribution in [0, 0.1) is 0 Å². The lowest BCUT2D eigenvalue weighted by Gasteiger charge is -2.14. The van der Waals surface area contributed by atoms with Gasteiger partial charge < -0.3 is 10.1 Å². The highest BCUT2D eigenvalue weighted by molar-refractivity contribution is 6.31. The summed E-state index contributed by atoms with van der Waals surface area (Å²) in [5, 5.41) is 1.76. The van der Waals surface area contributed by atoms with Crippen LogP contribution in [0.5, 0.6) is 5.75 Å². The summed E-state index contributed by atoms with van der Waals surface area (Å²) in [6, 6.07) is 1.75. The van der Waals surface area contributed by atoms with Crippen LogP contribution in [0.1, 0.15) is 12.5 Å². The van der Waals surface area contributed by atoms with Crippen LogP contribution in [0.15, 0.2) is 12.1 Å². The van der Waals surface area contributed by atoms with E-state index in [-0.39, 0.29) is 11.4 Å². The summed E-state index contributed by atoms with van der Waals surface area (Å²) < 4.78 is 42.5. The van der Waals surface area contributed by atoms with E-state index in [1.165, 1.54) is 14.0 Å². The molecule has 1 aromatic carbocycles. The molecule has 0 atom stereocenters. The van der Waals surface area contributed by atoms with E-state index in [1.807, 2.05) is 0 Å². The van der Waals surface area contributed by atoms with Gasteiger partial charge in [-0.15, -0.1) is 0 Å². The highest BCUT2D eigenvalue weighted by Gasteiger charge is 2.34. The van der Waals surface area contributed by atoms with Crippen LogP contribution in [-0.4, -0.2) is 13.0 Å². The monoisotopic (exact) mass is 267 g/mol. The molecule has 1 aromatic rings. The van der Waals surface area contributed by atoms with Crippen LogP contribution < -0.4 is 10.1 Å². The molecule has 7 heteroatoms. The highest BCUT2D eigenvalue weighted by Crippen LogP contribution is 2.40. The Labute approximate surface area is 101 Å². The van der Waals surface area contributed by atoms with Crippen molar-refractivity contribution in [2.24, 2.45) is 0 Å². The van der Waals surface area contributed by atoms with Crippen molar-refractivity contribution in [2.45, 2.75) is 13.1 Å². The van der Waals surface area contributed by atoms with Gasteiger partial charge in [-0.3, -0.25) is 4.79 Å². The molecule has 0 bridgehead atoms. The topological polar surface area (TPSA) is 38.3 Å². The third-order valence-corrected chi connectivity index (χ3v) is 2.22. The van der Waals surface area contributed by atoms with E-state index < -0.39 is 22.7 Å². The van der Waals surface area contributed by atoms with Crippen LogP contribution in [0.4, 0.5) is 18.9 Å². The average molecular weight is 268 g/mol. The van der Waals surface area contributed by atoms with Crippen molar-refractivity contribution in [3.8, 4) is 5.75 Å². The third-order valence-electron chi connectivity index (χ3n) is 1.91. The quantitative estimate of drug-likeness (QED) is 0.893. The molecule has 0 aliphatic rings. The molecule has 1 N–H and O–H groups in total. The molecule has 17 heavy (non-hydrogen) atoms. The average Bonchev–Trinajstić information content (AvgIpc) is 2.17. The van der Waals surface area contributed by atoms with E-state index in [0.717, 1.165) is 12.1 Å². The zero-order chi connectivity index (χ0) is 13.2. The largest absolute Gasteiger partial charge is 0.495 e. The summed E-state index contributed by atoms with van der Waals surface area (Å²) in [6.45, 7) is 1.18. The molecule has 1 amide bonds. The molecule has 0 saturated heterocycles. The number of hydrogen-bond acceptors (Lipinski definition) is 2. The molecule has 0 aliphatic heterocycles. The van der Waals surface area contributed by atoms with Gasteiger partial charge in [-0.05, 0) is 6.07 Å². The van der Waals surface area contributed by atoms with Gasteiger partial charge in [-0.2, -0.15) is 13.2 Å². The minimum Gasteiger partial charge on any atom is -0.495 e. The number of amides is 1. The van der Waals surface area contributed by atoms with E-state index in [2.05, 4.69) is 5.32 Å². The molecule has 0 saturated carbocycles.